The molecule has 0 spiro atoms. The maximum atomic E-state index is 6.14. The normalized spacial score (nSPS) is 16.8. The number of imidazole rings is 1. The third kappa shape index (κ3) is 3.02. The number of aromatic nitrogens is 4. The summed E-state index contributed by atoms with van der Waals surface area (Å²) in [6, 6.07) is 5.49. The minimum absolute atomic E-state index is 0.0695. The summed E-state index contributed by atoms with van der Waals surface area (Å²) in [4.78, 5) is 13.1. The fraction of sp³-hybridized carbons (Fsp3) is 0.353. The second-order valence-corrected chi connectivity index (χ2v) is 6.17. The topological polar surface area (TPSA) is 83.3 Å². The van der Waals surface area contributed by atoms with Crippen LogP contribution >= 0.6 is 11.6 Å². The molecule has 8 nitrogen and oxygen atoms in total. The molecule has 1 aliphatic heterocycles. The molecule has 0 saturated carbocycles. The van der Waals surface area contributed by atoms with Gasteiger partial charge < -0.3 is 19.5 Å². The molecule has 2 aromatic heterocycles. The van der Waals surface area contributed by atoms with Gasteiger partial charge in [0.1, 0.15) is 6.23 Å². The van der Waals surface area contributed by atoms with Gasteiger partial charge in [-0.25, -0.2) is 4.98 Å². The van der Waals surface area contributed by atoms with E-state index in [1.165, 1.54) is 0 Å². The molecule has 1 atom stereocenters. The van der Waals surface area contributed by atoms with Crippen LogP contribution < -0.4 is 14.8 Å². The van der Waals surface area contributed by atoms with E-state index in [1.807, 2.05) is 22.8 Å². The number of nitrogens with one attached hydrogen (secondary N) is 1. The highest BCUT2D eigenvalue weighted by Gasteiger charge is 2.22. The van der Waals surface area contributed by atoms with Crippen LogP contribution in [0.5, 0.6) is 11.5 Å². The van der Waals surface area contributed by atoms with Gasteiger partial charge in [0.15, 0.2) is 28.5 Å². The summed E-state index contributed by atoms with van der Waals surface area (Å²) in [5.41, 5.74) is 2.03. The lowest BCUT2D eigenvalue weighted by atomic mass is 10.2. The van der Waals surface area contributed by atoms with Crippen molar-refractivity contribution >= 4 is 34.3 Å². The number of benzene rings is 1. The summed E-state index contributed by atoms with van der Waals surface area (Å²) in [6.45, 7) is 0.736. The van der Waals surface area contributed by atoms with Crippen LogP contribution in [0.1, 0.15) is 19.1 Å². The highest BCUT2D eigenvalue weighted by Crippen LogP contribution is 2.33. The maximum Gasteiger partial charge on any atom is 0.226 e. The molecule has 0 radical (unpaired) electrons. The lowest BCUT2D eigenvalue weighted by Crippen LogP contribution is -2.07. The Morgan fingerprint density at radius 2 is 2.08 bits per heavy atom. The molecule has 1 aliphatic rings. The molecule has 1 unspecified atom stereocenters. The van der Waals surface area contributed by atoms with E-state index >= 15 is 0 Å². The van der Waals surface area contributed by atoms with Crippen molar-refractivity contribution in [3.05, 3.63) is 29.8 Å². The van der Waals surface area contributed by atoms with E-state index in [-0.39, 0.29) is 11.5 Å². The number of hydrogen-bond acceptors (Lipinski definition) is 7. The van der Waals surface area contributed by atoms with Gasteiger partial charge in [-0.2, -0.15) is 9.97 Å². The van der Waals surface area contributed by atoms with Crippen LogP contribution in [0.25, 0.3) is 11.2 Å². The van der Waals surface area contributed by atoms with Gasteiger partial charge in [0.05, 0.1) is 20.5 Å². The molecule has 136 valence electrons. The van der Waals surface area contributed by atoms with Gasteiger partial charge >= 0.3 is 0 Å². The number of ether oxygens (including phenoxy) is 3. The number of methoxy groups -OCH3 is 2. The van der Waals surface area contributed by atoms with Crippen LogP contribution in [0.15, 0.2) is 24.5 Å². The summed E-state index contributed by atoms with van der Waals surface area (Å²) in [6.07, 6.45) is 3.58. The van der Waals surface area contributed by atoms with Crippen LogP contribution in [0.3, 0.4) is 0 Å². The van der Waals surface area contributed by atoms with Gasteiger partial charge in [-0.3, -0.25) is 4.57 Å². The molecule has 26 heavy (non-hydrogen) atoms. The molecule has 4 rings (SSSR count). The second kappa shape index (κ2) is 6.97. The molecule has 1 N–H and O–H groups in total. The van der Waals surface area contributed by atoms with Crippen LogP contribution in [0.2, 0.25) is 5.28 Å². The monoisotopic (exact) mass is 375 g/mol. The quantitative estimate of drug-likeness (QED) is 0.682. The Bertz CT molecular complexity index is 940. The summed E-state index contributed by atoms with van der Waals surface area (Å²) in [5, 5.41) is 3.37. The molecule has 1 fully saturated rings. The van der Waals surface area contributed by atoms with Crippen molar-refractivity contribution in [1.82, 2.24) is 19.5 Å². The molecule has 1 aromatic carbocycles. The lowest BCUT2D eigenvalue weighted by Gasteiger charge is -2.13. The Morgan fingerprint density at radius 3 is 2.81 bits per heavy atom. The van der Waals surface area contributed by atoms with Crippen LogP contribution in [-0.4, -0.2) is 40.3 Å². The number of halogens is 1. The molecular weight excluding hydrogens is 358 g/mol. The third-order valence-electron chi connectivity index (χ3n) is 4.26. The Hall–Kier alpha value is -2.58. The molecule has 0 aliphatic carbocycles. The van der Waals surface area contributed by atoms with Crippen molar-refractivity contribution in [3.8, 4) is 11.5 Å². The molecule has 3 heterocycles. The summed E-state index contributed by atoms with van der Waals surface area (Å²) in [7, 11) is 3.18. The Morgan fingerprint density at radius 1 is 1.23 bits per heavy atom. The van der Waals surface area contributed by atoms with E-state index in [4.69, 9.17) is 25.8 Å². The van der Waals surface area contributed by atoms with Crippen molar-refractivity contribution in [3.63, 3.8) is 0 Å². The van der Waals surface area contributed by atoms with Crippen molar-refractivity contribution in [2.24, 2.45) is 0 Å². The van der Waals surface area contributed by atoms with Crippen molar-refractivity contribution < 1.29 is 14.2 Å². The van der Waals surface area contributed by atoms with Gasteiger partial charge in [0.2, 0.25) is 5.28 Å². The molecule has 9 heteroatoms. The number of hydrogen-bond donors (Lipinski definition) is 1. The Labute approximate surface area is 155 Å². The molecule has 0 bridgehead atoms. The van der Waals surface area contributed by atoms with Gasteiger partial charge in [-0.15, -0.1) is 0 Å². The smallest absolute Gasteiger partial charge is 0.226 e. The number of nitrogens with zero attached hydrogens (tertiary/aromatic N) is 4. The molecule has 1 saturated heterocycles. The SMILES string of the molecule is COc1ccc(Nc2nc(Cl)nc3c2ncn3C2CCCO2)cc1OC. The minimum Gasteiger partial charge on any atom is -0.493 e. The van der Waals surface area contributed by atoms with Crippen molar-refractivity contribution in [1.29, 1.82) is 0 Å². The lowest BCUT2D eigenvalue weighted by molar-refractivity contribution is 0.0593. The van der Waals surface area contributed by atoms with E-state index in [0.29, 0.717) is 28.5 Å². The molecule has 3 aromatic rings. The van der Waals surface area contributed by atoms with Crippen LogP contribution in [0.4, 0.5) is 11.5 Å². The first-order valence-electron chi connectivity index (χ1n) is 8.20. The predicted octanol–water partition coefficient (Wildman–Crippen LogP) is 3.55. The maximum absolute atomic E-state index is 6.14. The Balaban J connectivity index is 1.72. The first kappa shape index (κ1) is 16.9. The summed E-state index contributed by atoms with van der Waals surface area (Å²) < 4.78 is 18.2. The van der Waals surface area contributed by atoms with E-state index in [9.17, 15) is 0 Å². The first-order valence-corrected chi connectivity index (χ1v) is 8.58. The fourth-order valence-corrected chi connectivity index (χ4v) is 3.18. The van der Waals surface area contributed by atoms with Gasteiger partial charge in [-0.1, -0.05) is 0 Å². The van der Waals surface area contributed by atoms with Gasteiger partial charge in [-0.05, 0) is 36.6 Å². The predicted molar refractivity (Wildman–Crippen MR) is 97.4 cm³/mol. The van der Waals surface area contributed by atoms with E-state index < -0.39 is 0 Å². The average molecular weight is 376 g/mol. The highest BCUT2D eigenvalue weighted by molar-refractivity contribution is 6.28. The van der Waals surface area contributed by atoms with Crippen molar-refractivity contribution in [2.75, 3.05) is 26.1 Å². The summed E-state index contributed by atoms with van der Waals surface area (Å²) >= 11 is 6.14. The standard InChI is InChI=1S/C17H18ClN5O3/c1-24-11-6-5-10(8-12(11)25-2)20-15-14-16(22-17(18)21-15)23(9-19-14)13-4-3-7-26-13/h5-6,8-9,13H,3-4,7H2,1-2H3,(H,20,21,22). The Kier molecular flexibility index (Phi) is 4.52. The number of anilines is 2. The minimum atomic E-state index is -0.0695. The highest BCUT2D eigenvalue weighted by atomic mass is 35.5. The zero-order valence-corrected chi connectivity index (χ0v) is 15.2. The van der Waals surface area contributed by atoms with Crippen molar-refractivity contribution in [2.45, 2.75) is 19.1 Å². The van der Waals surface area contributed by atoms with Gasteiger partial charge in [0.25, 0.3) is 0 Å². The van der Waals surface area contributed by atoms with Crippen LogP contribution in [-0.2, 0) is 4.74 Å². The van der Waals surface area contributed by atoms with Crippen LogP contribution in [0, 0.1) is 0 Å². The average Bonchev–Trinajstić information content (AvgIpc) is 3.30. The molecule has 0 amide bonds. The van der Waals surface area contributed by atoms with E-state index in [2.05, 4.69) is 20.3 Å². The second-order valence-electron chi connectivity index (χ2n) is 5.83. The summed E-state index contributed by atoms with van der Waals surface area (Å²) in [5.74, 6) is 1.77. The van der Waals surface area contributed by atoms with E-state index in [1.54, 1.807) is 20.5 Å². The number of rotatable bonds is 5. The molecular formula is C17H18ClN5O3. The van der Waals surface area contributed by atoms with E-state index in [0.717, 1.165) is 25.1 Å². The largest absolute Gasteiger partial charge is 0.493 e. The fourth-order valence-electron chi connectivity index (χ4n) is 3.02. The van der Waals surface area contributed by atoms with Gasteiger partial charge in [0, 0.05) is 18.4 Å². The first-order chi connectivity index (χ1) is 12.7. The third-order valence-corrected chi connectivity index (χ3v) is 4.43. The zero-order chi connectivity index (χ0) is 18.1. The zero-order valence-electron chi connectivity index (χ0n) is 14.4. The number of fused-ring (bicyclic) bond motifs is 1.